The van der Waals surface area contributed by atoms with E-state index in [0.717, 1.165) is 48.3 Å². The highest BCUT2D eigenvalue weighted by Gasteiger charge is 2.20. The van der Waals surface area contributed by atoms with Gasteiger partial charge in [0.25, 0.3) is 0 Å². The molecule has 0 saturated heterocycles. The number of hydrogen-bond acceptors (Lipinski definition) is 6. The molecule has 1 unspecified atom stereocenters. The van der Waals surface area contributed by atoms with Gasteiger partial charge in [0.15, 0.2) is 0 Å². The standard InChI is InChI=1S/C31H42N3O6P/c1-41(38,39)40-23-11-3-2-10-21-32-29(35)16-8-9-17-30(36)33-22-20-31(37)34-24-27-14-5-4-12-25(27)18-19-26-13-6-7-15-28(26)34/h4-7,12-15,18-19H,2-3,8-11,16-17,20-24H2,1H3,(H,32,35)(H,33,36)(H,38,39)/p-1/b19-18-. The van der Waals surface area contributed by atoms with Crippen LogP contribution in [0.5, 0.6) is 0 Å². The summed E-state index contributed by atoms with van der Waals surface area (Å²) in [6.07, 6.45) is 9.38. The van der Waals surface area contributed by atoms with Crippen LogP contribution in [0.4, 0.5) is 5.69 Å². The van der Waals surface area contributed by atoms with Gasteiger partial charge in [-0.1, -0.05) is 67.5 Å². The van der Waals surface area contributed by atoms with Crippen LogP contribution in [-0.4, -0.2) is 44.1 Å². The van der Waals surface area contributed by atoms with Crippen LogP contribution in [0.3, 0.4) is 0 Å². The average Bonchev–Trinajstić information content (AvgIpc) is 2.93. The second-order valence-electron chi connectivity index (χ2n) is 10.2. The van der Waals surface area contributed by atoms with E-state index in [2.05, 4.69) is 16.7 Å². The van der Waals surface area contributed by atoms with Gasteiger partial charge in [0.2, 0.25) is 17.7 Å². The van der Waals surface area contributed by atoms with Crippen molar-refractivity contribution < 1.29 is 28.4 Å². The largest absolute Gasteiger partial charge is 0.779 e. The van der Waals surface area contributed by atoms with Gasteiger partial charge < -0.3 is 29.5 Å². The summed E-state index contributed by atoms with van der Waals surface area (Å²) in [4.78, 5) is 50.2. The van der Waals surface area contributed by atoms with Gasteiger partial charge in [0.1, 0.15) is 7.60 Å². The van der Waals surface area contributed by atoms with Gasteiger partial charge >= 0.3 is 0 Å². The highest BCUT2D eigenvalue weighted by atomic mass is 31.2. The fourth-order valence-electron chi connectivity index (χ4n) is 4.60. The van der Waals surface area contributed by atoms with Crippen molar-refractivity contribution in [1.29, 1.82) is 0 Å². The summed E-state index contributed by atoms with van der Waals surface area (Å²) in [5, 5.41) is 5.71. The number of nitrogens with one attached hydrogen (secondary N) is 2. The third-order valence-corrected chi connectivity index (χ3v) is 7.44. The van der Waals surface area contributed by atoms with Crippen LogP contribution >= 0.6 is 7.60 Å². The molecule has 0 radical (unpaired) electrons. The fraction of sp³-hybridized carbons (Fsp3) is 0.452. The molecule has 10 heteroatoms. The quantitative estimate of drug-likeness (QED) is 0.219. The molecule has 1 heterocycles. The molecule has 3 rings (SSSR count). The number of para-hydroxylation sites is 1. The zero-order valence-corrected chi connectivity index (χ0v) is 24.7. The molecule has 0 aromatic heterocycles. The maximum atomic E-state index is 13.2. The summed E-state index contributed by atoms with van der Waals surface area (Å²) in [5.41, 5.74) is 3.97. The van der Waals surface area contributed by atoms with E-state index in [4.69, 9.17) is 4.52 Å². The van der Waals surface area contributed by atoms with E-state index in [0.29, 0.717) is 45.2 Å². The Morgan fingerprint density at radius 2 is 1.41 bits per heavy atom. The van der Waals surface area contributed by atoms with E-state index in [9.17, 15) is 23.8 Å². The van der Waals surface area contributed by atoms with Crippen LogP contribution in [0.25, 0.3) is 12.2 Å². The zero-order chi connectivity index (χ0) is 29.5. The first kappa shape index (κ1) is 32.3. The number of unbranched alkanes of at least 4 members (excludes halogenated alkanes) is 4. The molecule has 222 valence electrons. The summed E-state index contributed by atoms with van der Waals surface area (Å²) < 4.78 is 15.6. The number of amides is 3. The van der Waals surface area contributed by atoms with E-state index < -0.39 is 7.60 Å². The van der Waals surface area contributed by atoms with Crippen LogP contribution in [0.15, 0.2) is 48.5 Å². The molecule has 0 saturated carbocycles. The van der Waals surface area contributed by atoms with Crippen LogP contribution in [0, 0.1) is 0 Å². The minimum Gasteiger partial charge on any atom is -0.779 e. The van der Waals surface area contributed by atoms with Crippen molar-refractivity contribution >= 4 is 43.2 Å². The molecule has 3 amide bonds. The van der Waals surface area contributed by atoms with E-state index in [1.165, 1.54) is 0 Å². The second-order valence-corrected chi connectivity index (χ2v) is 12.0. The number of anilines is 1. The molecular formula is C31H41N3O6P-. The Labute approximate surface area is 242 Å². The third kappa shape index (κ3) is 12.0. The highest BCUT2D eigenvalue weighted by Crippen LogP contribution is 2.31. The minimum absolute atomic E-state index is 0.0393. The summed E-state index contributed by atoms with van der Waals surface area (Å²) in [6.45, 7) is 2.56. The van der Waals surface area contributed by atoms with Gasteiger partial charge in [-0.15, -0.1) is 0 Å². The zero-order valence-electron chi connectivity index (χ0n) is 23.8. The number of carbonyl (C=O) groups excluding carboxylic acids is 3. The monoisotopic (exact) mass is 582 g/mol. The smallest absolute Gasteiger partial charge is 0.229 e. The minimum atomic E-state index is -3.65. The molecule has 1 atom stereocenters. The Morgan fingerprint density at radius 1 is 0.805 bits per heavy atom. The Kier molecular flexibility index (Phi) is 13.3. The number of carbonyl (C=O) groups is 3. The summed E-state index contributed by atoms with van der Waals surface area (Å²) in [5.74, 6) is -0.218. The molecule has 0 spiro atoms. The lowest BCUT2D eigenvalue weighted by atomic mass is 10.0. The van der Waals surface area contributed by atoms with E-state index in [1.54, 1.807) is 4.90 Å². The van der Waals surface area contributed by atoms with Crippen molar-refractivity contribution in [3.63, 3.8) is 0 Å². The lowest BCUT2D eigenvalue weighted by Gasteiger charge is -2.27. The van der Waals surface area contributed by atoms with Crippen molar-refractivity contribution in [2.45, 2.75) is 64.3 Å². The molecule has 1 aliphatic rings. The predicted molar refractivity (Wildman–Crippen MR) is 160 cm³/mol. The van der Waals surface area contributed by atoms with Gasteiger partial charge in [-0.3, -0.25) is 14.4 Å². The van der Waals surface area contributed by atoms with Crippen LogP contribution < -0.4 is 20.4 Å². The van der Waals surface area contributed by atoms with Crippen molar-refractivity contribution in [2.75, 3.05) is 31.3 Å². The summed E-state index contributed by atoms with van der Waals surface area (Å²) in [7, 11) is -3.65. The Morgan fingerprint density at radius 3 is 2.15 bits per heavy atom. The summed E-state index contributed by atoms with van der Waals surface area (Å²) in [6, 6.07) is 15.8. The molecule has 0 bridgehead atoms. The maximum Gasteiger partial charge on any atom is 0.229 e. The molecule has 2 aromatic rings. The topological polar surface area (TPSA) is 128 Å². The van der Waals surface area contributed by atoms with Crippen LogP contribution in [0.1, 0.15) is 74.5 Å². The fourth-order valence-corrected chi connectivity index (χ4v) is 5.06. The number of rotatable bonds is 16. The number of hydrogen-bond donors (Lipinski definition) is 2. The highest BCUT2D eigenvalue weighted by molar-refractivity contribution is 7.50. The van der Waals surface area contributed by atoms with Crippen LogP contribution in [0.2, 0.25) is 0 Å². The predicted octanol–water partition coefficient (Wildman–Crippen LogP) is 4.65. The maximum absolute atomic E-state index is 13.2. The molecule has 9 nitrogen and oxygen atoms in total. The normalized spacial score (nSPS) is 14.5. The first-order valence-electron chi connectivity index (χ1n) is 14.3. The van der Waals surface area contributed by atoms with Gasteiger partial charge in [-0.25, -0.2) is 0 Å². The van der Waals surface area contributed by atoms with Gasteiger partial charge in [0.05, 0.1) is 18.8 Å². The number of benzene rings is 2. The number of nitrogens with zero attached hydrogens (tertiary/aromatic N) is 1. The van der Waals surface area contributed by atoms with Gasteiger partial charge in [-0.05, 0) is 48.4 Å². The Balaban J connectivity index is 1.29. The second kappa shape index (κ2) is 16.9. The molecule has 0 fully saturated rings. The van der Waals surface area contributed by atoms with Crippen molar-refractivity contribution in [3.8, 4) is 0 Å². The van der Waals surface area contributed by atoms with Gasteiger partial charge in [-0.2, -0.15) is 0 Å². The lowest BCUT2D eigenvalue weighted by molar-refractivity contribution is -0.196. The Hall–Kier alpha value is -3.26. The van der Waals surface area contributed by atoms with Gasteiger partial charge in [0, 0.05) is 39.0 Å². The lowest BCUT2D eigenvalue weighted by Crippen LogP contribution is -2.35. The molecule has 2 N–H and O–H groups in total. The van der Waals surface area contributed by atoms with E-state index >= 15 is 0 Å². The van der Waals surface area contributed by atoms with E-state index in [-0.39, 0.29) is 37.3 Å². The molecule has 41 heavy (non-hydrogen) atoms. The molecular weight excluding hydrogens is 541 g/mol. The first-order valence-corrected chi connectivity index (χ1v) is 16.3. The number of fused-ring (bicyclic) bond motifs is 2. The summed E-state index contributed by atoms with van der Waals surface area (Å²) >= 11 is 0. The molecule has 0 aliphatic carbocycles. The molecule has 1 aliphatic heterocycles. The van der Waals surface area contributed by atoms with Crippen molar-refractivity contribution in [1.82, 2.24) is 10.6 Å². The van der Waals surface area contributed by atoms with E-state index in [1.807, 2.05) is 54.6 Å². The van der Waals surface area contributed by atoms with Crippen molar-refractivity contribution in [3.05, 3.63) is 65.2 Å². The average molecular weight is 583 g/mol. The van der Waals surface area contributed by atoms with Crippen molar-refractivity contribution in [2.24, 2.45) is 0 Å². The SMILES string of the molecule is CP(=O)([O-])OCCCCCCNC(=O)CCCCC(=O)NCCC(=O)N1Cc2ccccc2/C=C\c2ccccc21. The van der Waals surface area contributed by atoms with Crippen LogP contribution in [-0.2, 0) is 30.0 Å². The Bertz CT molecular complexity index is 1240. The molecule has 2 aromatic carbocycles. The first-order chi connectivity index (χ1) is 19.7. The third-order valence-electron chi connectivity index (χ3n) is 6.79.